The second kappa shape index (κ2) is 10.7. The Bertz CT molecular complexity index is 1380. The molecule has 6 nitrogen and oxygen atoms in total. The summed E-state index contributed by atoms with van der Waals surface area (Å²) in [6.07, 6.45) is 2.24. The molecule has 1 aromatic heterocycles. The van der Waals surface area contributed by atoms with Gasteiger partial charge in [0.2, 0.25) is 11.7 Å². The van der Waals surface area contributed by atoms with Gasteiger partial charge < -0.3 is 19.2 Å². The molecule has 0 aliphatic heterocycles. The van der Waals surface area contributed by atoms with Crippen molar-refractivity contribution in [3.05, 3.63) is 101 Å². The number of carbonyl (C=O) groups excluding carboxylic acids is 2. The topological polar surface area (TPSA) is 77.8 Å². The Morgan fingerprint density at radius 3 is 2.40 bits per heavy atom. The molecule has 0 saturated carbocycles. The van der Waals surface area contributed by atoms with Crippen molar-refractivity contribution in [2.75, 3.05) is 20.8 Å². The van der Waals surface area contributed by atoms with Gasteiger partial charge in [-0.15, -0.1) is 0 Å². The standard InChI is InChI=1S/C29H27NO5/c1-19(15-28(31)30-14-13-20-9-11-25(33-2)26(16-20)34-3)22-10-12-24-23(17-22)18-27(35-24)29(32)21-7-5-4-6-8-21/h4-12,15-18H,13-14H2,1-3H3,(H,30,31)/b19-15+. The Hall–Kier alpha value is -4.32. The molecule has 0 unspecified atom stereocenters. The van der Waals surface area contributed by atoms with E-state index < -0.39 is 0 Å². The van der Waals surface area contributed by atoms with Crippen LogP contribution in [0.2, 0.25) is 0 Å². The Morgan fingerprint density at radius 1 is 0.886 bits per heavy atom. The van der Waals surface area contributed by atoms with Crippen molar-refractivity contribution < 1.29 is 23.5 Å². The SMILES string of the molecule is COc1ccc(CCNC(=O)/C=C(\C)c2ccc3oc(C(=O)c4ccccc4)cc3c2)cc1OC. The molecule has 4 aromatic rings. The first-order valence-electron chi connectivity index (χ1n) is 11.3. The molecule has 1 heterocycles. The van der Waals surface area contributed by atoms with Crippen molar-refractivity contribution in [1.82, 2.24) is 5.32 Å². The zero-order valence-corrected chi connectivity index (χ0v) is 20.0. The van der Waals surface area contributed by atoms with E-state index in [4.69, 9.17) is 13.9 Å². The highest BCUT2D eigenvalue weighted by Crippen LogP contribution is 2.28. The molecule has 0 fully saturated rings. The number of fused-ring (bicyclic) bond motifs is 1. The lowest BCUT2D eigenvalue weighted by atomic mass is 10.0. The molecule has 1 N–H and O–H groups in total. The van der Waals surface area contributed by atoms with Gasteiger partial charge in [0, 0.05) is 23.6 Å². The molecule has 0 radical (unpaired) electrons. The normalized spacial score (nSPS) is 11.3. The summed E-state index contributed by atoms with van der Waals surface area (Å²) in [6.45, 7) is 2.37. The van der Waals surface area contributed by atoms with Gasteiger partial charge in [0.15, 0.2) is 17.3 Å². The molecular formula is C29H27NO5. The maximum atomic E-state index is 12.7. The maximum Gasteiger partial charge on any atom is 0.244 e. The summed E-state index contributed by atoms with van der Waals surface area (Å²) >= 11 is 0. The lowest BCUT2D eigenvalue weighted by Crippen LogP contribution is -2.23. The third-order valence-corrected chi connectivity index (χ3v) is 5.74. The quantitative estimate of drug-likeness (QED) is 0.261. The molecule has 178 valence electrons. The van der Waals surface area contributed by atoms with Crippen molar-refractivity contribution in [1.29, 1.82) is 0 Å². The summed E-state index contributed by atoms with van der Waals surface area (Å²) in [4.78, 5) is 25.1. The molecule has 4 rings (SSSR count). The molecular weight excluding hydrogens is 442 g/mol. The first-order chi connectivity index (χ1) is 17.0. The highest BCUT2D eigenvalue weighted by molar-refractivity contribution is 6.09. The minimum atomic E-state index is -0.171. The summed E-state index contributed by atoms with van der Waals surface area (Å²) in [5.41, 5.74) is 3.93. The van der Waals surface area contributed by atoms with E-state index in [2.05, 4.69) is 5.32 Å². The van der Waals surface area contributed by atoms with E-state index >= 15 is 0 Å². The average Bonchev–Trinajstić information content (AvgIpc) is 3.32. The van der Waals surface area contributed by atoms with E-state index in [1.54, 1.807) is 38.5 Å². The van der Waals surface area contributed by atoms with E-state index in [1.165, 1.54) is 0 Å². The lowest BCUT2D eigenvalue weighted by molar-refractivity contribution is -0.116. The molecule has 0 aliphatic rings. The highest BCUT2D eigenvalue weighted by atomic mass is 16.5. The van der Waals surface area contributed by atoms with Gasteiger partial charge in [-0.1, -0.05) is 42.5 Å². The number of furan rings is 1. The maximum absolute atomic E-state index is 12.7. The minimum absolute atomic E-state index is 0.163. The van der Waals surface area contributed by atoms with Gasteiger partial charge in [0.05, 0.1) is 14.2 Å². The van der Waals surface area contributed by atoms with Gasteiger partial charge in [-0.3, -0.25) is 9.59 Å². The Kier molecular flexibility index (Phi) is 7.31. The van der Waals surface area contributed by atoms with Crippen LogP contribution in [0.3, 0.4) is 0 Å². The second-order valence-electron chi connectivity index (χ2n) is 8.12. The summed E-state index contributed by atoms with van der Waals surface area (Å²) in [7, 11) is 3.19. The number of rotatable bonds is 9. The number of hydrogen-bond acceptors (Lipinski definition) is 5. The van der Waals surface area contributed by atoms with E-state index in [-0.39, 0.29) is 17.5 Å². The number of benzene rings is 3. The fourth-order valence-corrected chi connectivity index (χ4v) is 3.83. The minimum Gasteiger partial charge on any atom is -0.493 e. The number of allylic oxidation sites excluding steroid dienone is 1. The van der Waals surface area contributed by atoms with E-state index in [1.807, 2.05) is 61.5 Å². The molecule has 0 aliphatic carbocycles. The highest BCUT2D eigenvalue weighted by Gasteiger charge is 2.15. The van der Waals surface area contributed by atoms with Gasteiger partial charge in [-0.2, -0.15) is 0 Å². The molecule has 0 saturated heterocycles. The van der Waals surface area contributed by atoms with E-state index in [0.717, 1.165) is 22.1 Å². The van der Waals surface area contributed by atoms with E-state index in [0.29, 0.717) is 35.6 Å². The van der Waals surface area contributed by atoms with Crippen LogP contribution < -0.4 is 14.8 Å². The monoisotopic (exact) mass is 469 g/mol. The summed E-state index contributed by atoms with van der Waals surface area (Å²) in [6, 6.07) is 22.1. The number of amides is 1. The first-order valence-corrected chi connectivity index (χ1v) is 11.3. The number of methoxy groups -OCH3 is 2. The summed E-state index contributed by atoms with van der Waals surface area (Å²) in [5, 5.41) is 3.73. The van der Waals surface area contributed by atoms with Gasteiger partial charge in [-0.05, 0) is 60.4 Å². The van der Waals surface area contributed by atoms with Crippen LogP contribution in [-0.2, 0) is 11.2 Å². The second-order valence-corrected chi connectivity index (χ2v) is 8.12. The Labute approximate surface area is 204 Å². The molecule has 3 aromatic carbocycles. The molecule has 0 spiro atoms. The smallest absolute Gasteiger partial charge is 0.244 e. The average molecular weight is 470 g/mol. The van der Waals surface area contributed by atoms with Crippen molar-refractivity contribution in [2.45, 2.75) is 13.3 Å². The number of ketones is 1. The van der Waals surface area contributed by atoms with E-state index in [9.17, 15) is 9.59 Å². The van der Waals surface area contributed by atoms with Crippen LogP contribution in [0.5, 0.6) is 11.5 Å². The summed E-state index contributed by atoms with van der Waals surface area (Å²) in [5.74, 6) is 1.29. The predicted molar refractivity (Wildman–Crippen MR) is 136 cm³/mol. The third-order valence-electron chi connectivity index (χ3n) is 5.74. The van der Waals surface area contributed by atoms with Crippen LogP contribution in [0.25, 0.3) is 16.5 Å². The van der Waals surface area contributed by atoms with Crippen molar-refractivity contribution >= 4 is 28.2 Å². The molecule has 1 amide bonds. The zero-order chi connectivity index (χ0) is 24.8. The summed E-state index contributed by atoms with van der Waals surface area (Å²) < 4.78 is 16.3. The Balaban J connectivity index is 1.40. The van der Waals surface area contributed by atoms with Crippen molar-refractivity contribution in [3.63, 3.8) is 0 Å². The molecule has 6 heteroatoms. The van der Waals surface area contributed by atoms with Gasteiger partial charge >= 0.3 is 0 Å². The Morgan fingerprint density at radius 2 is 1.66 bits per heavy atom. The lowest BCUT2D eigenvalue weighted by Gasteiger charge is -2.10. The number of hydrogen-bond donors (Lipinski definition) is 1. The van der Waals surface area contributed by atoms with Crippen LogP contribution in [0.15, 0.2) is 83.3 Å². The number of nitrogens with one attached hydrogen (secondary N) is 1. The van der Waals surface area contributed by atoms with Crippen molar-refractivity contribution in [3.8, 4) is 11.5 Å². The fraction of sp³-hybridized carbons (Fsp3) is 0.172. The van der Waals surface area contributed by atoms with Crippen LogP contribution >= 0.6 is 0 Å². The predicted octanol–water partition coefficient (Wildman–Crippen LogP) is 5.44. The first kappa shape index (κ1) is 23.8. The number of ether oxygens (including phenoxy) is 2. The fourth-order valence-electron chi connectivity index (χ4n) is 3.83. The number of carbonyl (C=O) groups is 2. The molecule has 0 bridgehead atoms. The largest absolute Gasteiger partial charge is 0.493 e. The third kappa shape index (κ3) is 5.61. The van der Waals surface area contributed by atoms with Crippen molar-refractivity contribution in [2.24, 2.45) is 0 Å². The van der Waals surface area contributed by atoms with Crippen LogP contribution in [-0.4, -0.2) is 32.5 Å². The van der Waals surface area contributed by atoms with Crippen LogP contribution in [0.1, 0.15) is 34.2 Å². The molecule has 35 heavy (non-hydrogen) atoms. The van der Waals surface area contributed by atoms with Crippen LogP contribution in [0.4, 0.5) is 0 Å². The van der Waals surface area contributed by atoms with Gasteiger partial charge in [0.1, 0.15) is 5.58 Å². The van der Waals surface area contributed by atoms with Crippen LogP contribution in [0, 0.1) is 0 Å². The zero-order valence-electron chi connectivity index (χ0n) is 20.0. The van der Waals surface area contributed by atoms with Gasteiger partial charge in [-0.25, -0.2) is 0 Å². The molecule has 0 atom stereocenters. The van der Waals surface area contributed by atoms with Gasteiger partial charge in [0.25, 0.3) is 0 Å².